The lowest BCUT2D eigenvalue weighted by molar-refractivity contribution is -0.118. The van der Waals surface area contributed by atoms with Crippen LogP contribution in [-0.2, 0) is 11.3 Å². The van der Waals surface area contributed by atoms with Crippen molar-refractivity contribution in [1.82, 2.24) is 15.3 Å². The second-order valence-electron chi connectivity index (χ2n) is 5.12. The van der Waals surface area contributed by atoms with Crippen molar-refractivity contribution in [1.29, 1.82) is 0 Å². The van der Waals surface area contributed by atoms with Gasteiger partial charge in [0, 0.05) is 30.5 Å². The molecule has 2 N–H and O–H groups in total. The van der Waals surface area contributed by atoms with Crippen LogP contribution in [0.1, 0.15) is 29.9 Å². The molecule has 22 heavy (non-hydrogen) atoms. The van der Waals surface area contributed by atoms with Gasteiger partial charge in [0.2, 0.25) is 5.91 Å². The topological polar surface area (TPSA) is 84.0 Å². The van der Waals surface area contributed by atoms with Gasteiger partial charge in [0.15, 0.2) is 0 Å². The predicted molar refractivity (Wildman–Crippen MR) is 83.1 cm³/mol. The van der Waals surface area contributed by atoms with Crippen molar-refractivity contribution in [3.05, 3.63) is 54.1 Å². The zero-order chi connectivity index (χ0) is 15.9. The van der Waals surface area contributed by atoms with E-state index in [0.29, 0.717) is 12.2 Å². The zero-order valence-corrected chi connectivity index (χ0v) is 12.5. The number of rotatable bonds is 5. The van der Waals surface area contributed by atoms with Gasteiger partial charge in [-0.05, 0) is 17.7 Å². The summed E-state index contributed by atoms with van der Waals surface area (Å²) in [7, 11) is 0. The molecule has 0 saturated carbocycles. The van der Waals surface area contributed by atoms with Crippen LogP contribution in [0.15, 0.2) is 42.9 Å². The SMILES string of the molecule is CC(C)C(=O)Nc1cccc(CNC(=O)c2cnccn2)c1. The Hall–Kier alpha value is -2.76. The first kappa shape index (κ1) is 15.6. The molecule has 0 spiro atoms. The predicted octanol–water partition coefficient (Wildman–Crippen LogP) is 2.00. The number of amides is 2. The maximum Gasteiger partial charge on any atom is 0.271 e. The Kier molecular flexibility index (Phi) is 5.19. The molecule has 114 valence electrons. The van der Waals surface area contributed by atoms with Crippen molar-refractivity contribution in [2.45, 2.75) is 20.4 Å². The quantitative estimate of drug-likeness (QED) is 0.884. The van der Waals surface area contributed by atoms with E-state index < -0.39 is 0 Å². The molecule has 1 aromatic carbocycles. The molecule has 1 heterocycles. The van der Waals surface area contributed by atoms with Gasteiger partial charge >= 0.3 is 0 Å². The first-order valence-corrected chi connectivity index (χ1v) is 7.00. The Balaban J connectivity index is 1.96. The molecule has 0 aliphatic rings. The maximum atomic E-state index is 11.9. The van der Waals surface area contributed by atoms with Gasteiger partial charge in [0.1, 0.15) is 5.69 Å². The van der Waals surface area contributed by atoms with Crippen molar-refractivity contribution >= 4 is 17.5 Å². The van der Waals surface area contributed by atoms with E-state index in [4.69, 9.17) is 0 Å². The van der Waals surface area contributed by atoms with E-state index in [9.17, 15) is 9.59 Å². The first-order valence-electron chi connectivity index (χ1n) is 7.00. The van der Waals surface area contributed by atoms with Crippen molar-refractivity contribution in [2.75, 3.05) is 5.32 Å². The summed E-state index contributed by atoms with van der Waals surface area (Å²) in [5.41, 5.74) is 1.87. The highest BCUT2D eigenvalue weighted by Crippen LogP contribution is 2.12. The third kappa shape index (κ3) is 4.37. The molecule has 0 unspecified atom stereocenters. The Morgan fingerprint density at radius 2 is 2.05 bits per heavy atom. The van der Waals surface area contributed by atoms with E-state index in [-0.39, 0.29) is 23.4 Å². The Bertz CT molecular complexity index is 656. The molecule has 2 amide bonds. The number of nitrogens with zero attached hydrogens (tertiary/aromatic N) is 2. The Labute approximate surface area is 129 Å². The minimum atomic E-state index is -0.287. The largest absolute Gasteiger partial charge is 0.347 e. The summed E-state index contributed by atoms with van der Waals surface area (Å²) in [6, 6.07) is 7.35. The fourth-order valence-electron chi connectivity index (χ4n) is 1.73. The normalized spacial score (nSPS) is 10.3. The number of aromatic nitrogens is 2. The summed E-state index contributed by atoms with van der Waals surface area (Å²) >= 11 is 0. The van der Waals surface area contributed by atoms with Crippen LogP contribution in [0.2, 0.25) is 0 Å². The van der Waals surface area contributed by atoms with Crippen molar-refractivity contribution in [3.8, 4) is 0 Å². The number of benzene rings is 1. The van der Waals surface area contributed by atoms with Crippen molar-refractivity contribution in [3.63, 3.8) is 0 Å². The second-order valence-corrected chi connectivity index (χ2v) is 5.12. The average molecular weight is 298 g/mol. The molecule has 0 aliphatic heterocycles. The first-order chi connectivity index (χ1) is 10.6. The fourth-order valence-corrected chi connectivity index (χ4v) is 1.73. The maximum absolute atomic E-state index is 11.9. The van der Waals surface area contributed by atoms with Crippen LogP contribution < -0.4 is 10.6 Å². The summed E-state index contributed by atoms with van der Waals surface area (Å²) in [6.07, 6.45) is 4.39. The van der Waals surface area contributed by atoms with Gasteiger partial charge in [-0.3, -0.25) is 14.6 Å². The molecule has 0 fully saturated rings. The zero-order valence-electron chi connectivity index (χ0n) is 12.5. The number of carbonyl (C=O) groups excluding carboxylic acids is 2. The Morgan fingerprint density at radius 3 is 2.73 bits per heavy atom. The van der Waals surface area contributed by atoms with Gasteiger partial charge in [-0.25, -0.2) is 4.98 Å². The molecule has 0 aliphatic carbocycles. The van der Waals surface area contributed by atoms with Crippen LogP contribution >= 0.6 is 0 Å². The molecule has 2 rings (SSSR count). The number of hydrogen-bond acceptors (Lipinski definition) is 4. The molecule has 6 heteroatoms. The molecule has 0 radical (unpaired) electrons. The molecule has 1 aromatic heterocycles. The third-order valence-corrected chi connectivity index (χ3v) is 2.97. The standard InChI is InChI=1S/C16H18N4O2/c1-11(2)15(21)20-13-5-3-4-12(8-13)9-19-16(22)14-10-17-6-7-18-14/h3-8,10-11H,9H2,1-2H3,(H,19,22)(H,20,21). The van der Waals surface area contributed by atoms with E-state index >= 15 is 0 Å². The van der Waals surface area contributed by atoms with Crippen molar-refractivity contribution < 1.29 is 9.59 Å². The number of nitrogens with one attached hydrogen (secondary N) is 2. The highest BCUT2D eigenvalue weighted by atomic mass is 16.2. The fraction of sp³-hybridized carbons (Fsp3) is 0.250. The minimum absolute atomic E-state index is 0.0410. The van der Waals surface area contributed by atoms with Crippen LogP contribution in [0.5, 0.6) is 0 Å². The molecule has 2 aromatic rings. The molecule has 6 nitrogen and oxygen atoms in total. The smallest absolute Gasteiger partial charge is 0.271 e. The summed E-state index contributed by atoms with van der Waals surface area (Å²) in [5, 5.41) is 5.59. The number of carbonyl (C=O) groups is 2. The molecule has 0 saturated heterocycles. The molecular weight excluding hydrogens is 280 g/mol. The third-order valence-electron chi connectivity index (χ3n) is 2.97. The average Bonchev–Trinajstić information content (AvgIpc) is 2.53. The van der Waals surface area contributed by atoms with Crippen LogP contribution in [0, 0.1) is 5.92 Å². The van der Waals surface area contributed by atoms with E-state index in [0.717, 1.165) is 5.56 Å². The summed E-state index contributed by atoms with van der Waals surface area (Å²) in [4.78, 5) is 31.4. The van der Waals surface area contributed by atoms with Crippen LogP contribution in [-0.4, -0.2) is 21.8 Å². The van der Waals surface area contributed by atoms with E-state index in [2.05, 4.69) is 20.6 Å². The molecular formula is C16H18N4O2. The van der Waals surface area contributed by atoms with Crippen molar-refractivity contribution in [2.24, 2.45) is 5.92 Å². The van der Waals surface area contributed by atoms with E-state index in [1.165, 1.54) is 18.6 Å². The monoisotopic (exact) mass is 298 g/mol. The summed E-state index contributed by atoms with van der Waals surface area (Å²) in [5.74, 6) is -0.412. The van der Waals surface area contributed by atoms with Gasteiger partial charge in [-0.15, -0.1) is 0 Å². The summed E-state index contributed by atoms with van der Waals surface area (Å²) < 4.78 is 0. The lowest BCUT2D eigenvalue weighted by atomic mass is 10.1. The number of anilines is 1. The number of hydrogen-bond donors (Lipinski definition) is 2. The van der Waals surface area contributed by atoms with E-state index in [1.807, 2.05) is 38.1 Å². The van der Waals surface area contributed by atoms with Crippen LogP contribution in [0.3, 0.4) is 0 Å². The van der Waals surface area contributed by atoms with E-state index in [1.54, 1.807) is 0 Å². The van der Waals surface area contributed by atoms with Gasteiger partial charge in [0.05, 0.1) is 6.20 Å². The van der Waals surface area contributed by atoms with Gasteiger partial charge in [0.25, 0.3) is 5.91 Å². The summed E-state index contributed by atoms with van der Waals surface area (Å²) in [6.45, 7) is 4.02. The van der Waals surface area contributed by atoms with Gasteiger partial charge in [-0.2, -0.15) is 0 Å². The molecule has 0 bridgehead atoms. The lowest BCUT2D eigenvalue weighted by Crippen LogP contribution is -2.24. The lowest BCUT2D eigenvalue weighted by Gasteiger charge is -2.10. The highest BCUT2D eigenvalue weighted by molar-refractivity contribution is 5.92. The highest BCUT2D eigenvalue weighted by Gasteiger charge is 2.08. The second kappa shape index (κ2) is 7.31. The van der Waals surface area contributed by atoms with Gasteiger partial charge < -0.3 is 10.6 Å². The minimum Gasteiger partial charge on any atom is -0.347 e. The van der Waals surface area contributed by atoms with Crippen LogP contribution in [0.4, 0.5) is 5.69 Å². The van der Waals surface area contributed by atoms with Crippen LogP contribution in [0.25, 0.3) is 0 Å². The molecule has 0 atom stereocenters. The Morgan fingerprint density at radius 1 is 1.23 bits per heavy atom. The van der Waals surface area contributed by atoms with Gasteiger partial charge in [-0.1, -0.05) is 26.0 Å².